The van der Waals surface area contributed by atoms with Gasteiger partial charge in [0.05, 0.1) is 12.4 Å². The molecule has 7 N–H and O–H groups in total. The summed E-state index contributed by atoms with van der Waals surface area (Å²) in [5.41, 5.74) is 11.9. The zero-order chi connectivity index (χ0) is 15.3. The first-order valence-electron chi connectivity index (χ1n) is 6.35. The summed E-state index contributed by atoms with van der Waals surface area (Å²) in [5, 5.41) is 29.6. The van der Waals surface area contributed by atoms with Crippen LogP contribution in [0.3, 0.4) is 0 Å². The molecule has 2 aromatic heterocycles. The zero-order valence-electron chi connectivity index (χ0n) is 11.6. The quantitative estimate of drug-likeness (QED) is 0.435. The van der Waals surface area contributed by atoms with E-state index in [0.29, 0.717) is 5.52 Å². The van der Waals surface area contributed by atoms with Gasteiger partial charge < -0.3 is 31.5 Å². The standard InChI is InChI=1S/C11H16N6O4.ClH/c1-3(18)7-5(19)6(20)10(21-7)17-2-14-4-8(12)15-11(13)16-9(4)17;/h2-3,5-7,10,18-20H,1H3,(H4,12,13,15,16);1H. The van der Waals surface area contributed by atoms with Crippen LogP contribution in [0.4, 0.5) is 11.8 Å². The summed E-state index contributed by atoms with van der Waals surface area (Å²) >= 11 is 0. The van der Waals surface area contributed by atoms with Gasteiger partial charge >= 0.3 is 0 Å². The Bertz CT molecular complexity index is 680. The number of hydrogen-bond acceptors (Lipinski definition) is 9. The van der Waals surface area contributed by atoms with Gasteiger partial charge in [0.15, 0.2) is 17.7 Å². The van der Waals surface area contributed by atoms with Gasteiger partial charge in [0.25, 0.3) is 0 Å². The van der Waals surface area contributed by atoms with Crippen LogP contribution >= 0.6 is 12.4 Å². The van der Waals surface area contributed by atoms with Crippen molar-refractivity contribution in [1.82, 2.24) is 19.5 Å². The van der Waals surface area contributed by atoms with Crippen LogP contribution in [-0.4, -0.2) is 59.3 Å². The lowest BCUT2D eigenvalue weighted by atomic mass is 10.1. The summed E-state index contributed by atoms with van der Waals surface area (Å²) in [6, 6.07) is 0. The van der Waals surface area contributed by atoms with Crippen LogP contribution in [0.15, 0.2) is 6.33 Å². The molecular formula is C11H17ClN6O4. The van der Waals surface area contributed by atoms with E-state index >= 15 is 0 Å². The van der Waals surface area contributed by atoms with Gasteiger partial charge in [0.1, 0.15) is 23.8 Å². The van der Waals surface area contributed by atoms with Gasteiger partial charge in [-0.15, -0.1) is 12.4 Å². The van der Waals surface area contributed by atoms with Crippen molar-refractivity contribution in [2.45, 2.75) is 37.6 Å². The van der Waals surface area contributed by atoms with Crippen molar-refractivity contribution in [3.05, 3.63) is 6.33 Å². The van der Waals surface area contributed by atoms with Crippen LogP contribution < -0.4 is 11.5 Å². The third-order valence-electron chi connectivity index (χ3n) is 3.49. The minimum Gasteiger partial charge on any atom is -0.391 e. The molecule has 0 aliphatic carbocycles. The van der Waals surface area contributed by atoms with E-state index in [4.69, 9.17) is 16.2 Å². The predicted molar refractivity (Wildman–Crippen MR) is 79.0 cm³/mol. The topological polar surface area (TPSA) is 166 Å². The van der Waals surface area contributed by atoms with Crippen molar-refractivity contribution in [3.8, 4) is 0 Å². The van der Waals surface area contributed by atoms with E-state index in [1.54, 1.807) is 0 Å². The first kappa shape index (κ1) is 16.6. The fourth-order valence-corrected chi connectivity index (χ4v) is 2.46. The maximum Gasteiger partial charge on any atom is 0.224 e. The normalized spacial score (nSPS) is 29.5. The van der Waals surface area contributed by atoms with E-state index in [1.807, 2.05) is 0 Å². The molecule has 3 heterocycles. The van der Waals surface area contributed by atoms with E-state index in [2.05, 4.69) is 15.0 Å². The molecule has 2 aromatic rings. The predicted octanol–water partition coefficient (Wildman–Crippen LogP) is -1.59. The molecule has 122 valence electrons. The molecule has 22 heavy (non-hydrogen) atoms. The monoisotopic (exact) mass is 332 g/mol. The molecule has 0 aromatic carbocycles. The molecular weight excluding hydrogens is 316 g/mol. The molecule has 0 bridgehead atoms. The summed E-state index contributed by atoms with van der Waals surface area (Å²) in [6.07, 6.45) is -3.94. The summed E-state index contributed by atoms with van der Waals surface area (Å²) in [6.45, 7) is 1.47. The van der Waals surface area contributed by atoms with E-state index in [0.717, 1.165) is 0 Å². The number of nitrogens with two attached hydrogens (primary N) is 2. The molecule has 10 nitrogen and oxygen atoms in total. The Morgan fingerprint density at radius 2 is 1.95 bits per heavy atom. The van der Waals surface area contributed by atoms with Crippen molar-refractivity contribution >= 4 is 35.3 Å². The number of nitrogens with zero attached hydrogens (tertiary/aromatic N) is 4. The number of aliphatic hydroxyl groups is 3. The molecule has 0 saturated carbocycles. The minimum absolute atomic E-state index is 0. The highest BCUT2D eigenvalue weighted by Gasteiger charge is 2.46. The second kappa shape index (κ2) is 5.82. The summed E-state index contributed by atoms with van der Waals surface area (Å²) < 4.78 is 6.91. The highest BCUT2D eigenvalue weighted by Crippen LogP contribution is 2.33. The number of rotatable bonds is 2. The molecule has 3 rings (SSSR count). The zero-order valence-corrected chi connectivity index (χ0v) is 12.4. The Kier molecular flexibility index (Phi) is 4.40. The lowest BCUT2D eigenvalue weighted by Gasteiger charge is -2.17. The van der Waals surface area contributed by atoms with E-state index in [1.165, 1.54) is 17.8 Å². The Balaban J connectivity index is 0.00000176. The molecule has 0 radical (unpaired) electrons. The average Bonchev–Trinajstić information content (AvgIpc) is 2.93. The van der Waals surface area contributed by atoms with E-state index < -0.39 is 30.6 Å². The lowest BCUT2D eigenvalue weighted by Crippen LogP contribution is -2.37. The molecule has 1 aliphatic rings. The number of anilines is 2. The largest absolute Gasteiger partial charge is 0.391 e. The van der Waals surface area contributed by atoms with Crippen molar-refractivity contribution < 1.29 is 20.1 Å². The van der Waals surface area contributed by atoms with Crippen LogP contribution in [0.1, 0.15) is 13.2 Å². The number of aliphatic hydroxyl groups excluding tert-OH is 3. The SMILES string of the molecule is CC(O)C1OC(n2cnc3c(N)nc(N)nc32)C(O)C1O.Cl. The summed E-state index contributed by atoms with van der Waals surface area (Å²) in [4.78, 5) is 11.9. The van der Waals surface area contributed by atoms with Crippen LogP contribution in [0.2, 0.25) is 0 Å². The highest BCUT2D eigenvalue weighted by atomic mass is 35.5. The number of ether oxygens (including phenoxy) is 1. The van der Waals surface area contributed by atoms with Gasteiger partial charge in [-0.25, -0.2) is 4.98 Å². The number of fused-ring (bicyclic) bond motifs is 1. The number of halogens is 1. The molecule has 1 fully saturated rings. The van der Waals surface area contributed by atoms with Crippen molar-refractivity contribution in [3.63, 3.8) is 0 Å². The fourth-order valence-electron chi connectivity index (χ4n) is 2.46. The van der Waals surface area contributed by atoms with Gasteiger partial charge in [-0.05, 0) is 6.92 Å². The second-order valence-electron chi connectivity index (χ2n) is 5.00. The van der Waals surface area contributed by atoms with Gasteiger partial charge in [-0.2, -0.15) is 9.97 Å². The Labute approximate surface area is 131 Å². The third kappa shape index (κ3) is 2.44. The number of aromatic nitrogens is 4. The average molecular weight is 333 g/mol. The minimum atomic E-state index is -1.25. The molecule has 0 amide bonds. The van der Waals surface area contributed by atoms with Gasteiger partial charge in [-0.3, -0.25) is 4.57 Å². The summed E-state index contributed by atoms with van der Waals surface area (Å²) in [7, 11) is 0. The molecule has 5 unspecified atom stereocenters. The van der Waals surface area contributed by atoms with Crippen molar-refractivity contribution in [1.29, 1.82) is 0 Å². The molecule has 1 aliphatic heterocycles. The molecule has 5 atom stereocenters. The fraction of sp³-hybridized carbons (Fsp3) is 0.545. The highest BCUT2D eigenvalue weighted by molar-refractivity contribution is 5.85. The van der Waals surface area contributed by atoms with Crippen LogP contribution in [0, 0.1) is 0 Å². The molecule has 1 saturated heterocycles. The van der Waals surface area contributed by atoms with E-state index in [-0.39, 0.29) is 29.8 Å². The first-order chi connectivity index (χ1) is 9.90. The summed E-state index contributed by atoms with van der Waals surface area (Å²) in [5.74, 6) is 0.0678. The molecule has 0 spiro atoms. The Hall–Kier alpha value is -1.72. The Morgan fingerprint density at radius 3 is 2.55 bits per heavy atom. The van der Waals surface area contributed by atoms with Crippen LogP contribution in [0.25, 0.3) is 11.2 Å². The smallest absolute Gasteiger partial charge is 0.224 e. The first-order valence-corrected chi connectivity index (χ1v) is 6.35. The number of hydrogen-bond donors (Lipinski definition) is 5. The van der Waals surface area contributed by atoms with Gasteiger partial charge in [0.2, 0.25) is 5.95 Å². The van der Waals surface area contributed by atoms with Crippen LogP contribution in [-0.2, 0) is 4.74 Å². The lowest BCUT2D eigenvalue weighted by molar-refractivity contribution is -0.0777. The van der Waals surface area contributed by atoms with Gasteiger partial charge in [-0.1, -0.05) is 0 Å². The van der Waals surface area contributed by atoms with Crippen molar-refractivity contribution in [2.24, 2.45) is 0 Å². The van der Waals surface area contributed by atoms with Gasteiger partial charge in [0, 0.05) is 0 Å². The third-order valence-corrected chi connectivity index (χ3v) is 3.49. The second-order valence-corrected chi connectivity index (χ2v) is 5.00. The maximum absolute atomic E-state index is 10.1. The molecule has 11 heteroatoms. The van der Waals surface area contributed by atoms with E-state index in [9.17, 15) is 15.3 Å². The van der Waals surface area contributed by atoms with Crippen molar-refractivity contribution in [2.75, 3.05) is 11.5 Å². The number of nitrogen functional groups attached to an aromatic ring is 2. The van der Waals surface area contributed by atoms with Crippen LogP contribution in [0.5, 0.6) is 0 Å². The number of imidazole rings is 1. The maximum atomic E-state index is 10.1. The Morgan fingerprint density at radius 1 is 1.27 bits per heavy atom.